The molecule has 0 fully saturated rings. The number of halogens is 2. The lowest BCUT2D eigenvalue weighted by Gasteiger charge is -2.30. The first-order chi connectivity index (χ1) is 13.3. The second-order valence-electron chi connectivity index (χ2n) is 7.39. The fourth-order valence-corrected chi connectivity index (χ4v) is 5.01. The third-order valence-electron chi connectivity index (χ3n) is 4.90. The van der Waals surface area contributed by atoms with Gasteiger partial charge in [-0.15, -0.1) is 0 Å². The minimum absolute atomic E-state index is 0.239. The Morgan fingerprint density at radius 1 is 0.931 bits per heavy atom. The van der Waals surface area contributed by atoms with Gasteiger partial charge in [0.2, 0.25) is 15.9 Å². The van der Waals surface area contributed by atoms with Crippen molar-refractivity contribution in [1.29, 1.82) is 0 Å². The number of nitrogens with zero attached hydrogens (tertiary/aromatic N) is 1. The average Bonchev–Trinajstić information content (AvgIpc) is 2.55. The monoisotopic (exact) mass is 456 g/mol. The van der Waals surface area contributed by atoms with Crippen LogP contribution >= 0.6 is 23.2 Å². The number of amides is 1. The molecule has 2 atom stereocenters. The van der Waals surface area contributed by atoms with Crippen LogP contribution in [0.4, 0.5) is 5.69 Å². The summed E-state index contributed by atoms with van der Waals surface area (Å²) in [7, 11) is -3.76. The van der Waals surface area contributed by atoms with Crippen LogP contribution in [0.1, 0.15) is 42.1 Å². The largest absolute Gasteiger partial charge is 0.348 e. The number of sulfonamides is 1. The van der Waals surface area contributed by atoms with Gasteiger partial charge >= 0.3 is 0 Å². The molecule has 5 nitrogen and oxygen atoms in total. The van der Waals surface area contributed by atoms with Gasteiger partial charge in [0.15, 0.2) is 0 Å². The smallest absolute Gasteiger partial charge is 0.244 e. The Morgan fingerprint density at radius 2 is 1.45 bits per heavy atom. The molecule has 1 amide bonds. The van der Waals surface area contributed by atoms with Crippen LogP contribution in [0.25, 0.3) is 0 Å². The zero-order valence-electron chi connectivity index (χ0n) is 17.4. The number of rotatable bonds is 6. The third kappa shape index (κ3) is 5.65. The number of benzene rings is 2. The predicted octanol–water partition coefficient (Wildman–Crippen LogP) is 4.95. The molecule has 8 heteroatoms. The summed E-state index contributed by atoms with van der Waals surface area (Å²) in [6, 6.07) is 7.29. The molecule has 0 radical (unpaired) electrons. The molecule has 0 aliphatic carbocycles. The summed E-state index contributed by atoms with van der Waals surface area (Å²) in [4.78, 5) is 12.9. The molecule has 0 heterocycles. The predicted molar refractivity (Wildman–Crippen MR) is 120 cm³/mol. The standard InChI is InChI=1S/C21H26Cl2N2O3S/c1-12-7-14(3)20(8-13(12)2)15(4)24-21(26)16(5)25(29(6,27)28)19-10-17(22)9-18(23)11-19/h7-11,15-16H,1-6H3,(H,24,26)/t15-,16-/m0/s1. The van der Waals surface area contributed by atoms with Gasteiger partial charge in [0, 0.05) is 10.0 Å². The van der Waals surface area contributed by atoms with Crippen LogP contribution in [0, 0.1) is 20.8 Å². The van der Waals surface area contributed by atoms with Crippen LogP contribution < -0.4 is 9.62 Å². The molecule has 2 aromatic carbocycles. The highest BCUT2D eigenvalue weighted by molar-refractivity contribution is 7.92. The minimum Gasteiger partial charge on any atom is -0.348 e. The van der Waals surface area contributed by atoms with Gasteiger partial charge in [-0.3, -0.25) is 9.10 Å². The molecular formula is C21H26Cl2N2O3S. The molecule has 1 N–H and O–H groups in total. The molecule has 29 heavy (non-hydrogen) atoms. The van der Waals surface area contributed by atoms with E-state index in [9.17, 15) is 13.2 Å². The number of carbonyl (C=O) groups is 1. The summed E-state index contributed by atoms with van der Waals surface area (Å²) >= 11 is 12.1. The van der Waals surface area contributed by atoms with Gasteiger partial charge in [0.25, 0.3) is 0 Å². The zero-order chi connectivity index (χ0) is 22.1. The number of aryl methyl sites for hydroxylation is 3. The van der Waals surface area contributed by atoms with Gasteiger partial charge in [-0.25, -0.2) is 8.42 Å². The van der Waals surface area contributed by atoms with Crippen molar-refractivity contribution >= 4 is 44.8 Å². The fraction of sp³-hybridized carbons (Fsp3) is 0.381. The Balaban J connectivity index is 2.33. The topological polar surface area (TPSA) is 66.5 Å². The summed E-state index contributed by atoms with van der Waals surface area (Å²) in [6.45, 7) is 9.46. The molecule has 0 saturated carbocycles. The maximum Gasteiger partial charge on any atom is 0.244 e. The summed E-state index contributed by atoms with van der Waals surface area (Å²) in [6.07, 6.45) is 1.04. The maximum absolute atomic E-state index is 12.9. The number of hydrogen-bond acceptors (Lipinski definition) is 3. The molecule has 2 aromatic rings. The quantitative estimate of drug-likeness (QED) is 0.668. The van der Waals surface area contributed by atoms with E-state index in [1.165, 1.54) is 30.7 Å². The molecule has 158 valence electrons. The van der Waals surface area contributed by atoms with Crippen molar-refractivity contribution in [3.8, 4) is 0 Å². The van der Waals surface area contributed by atoms with Crippen molar-refractivity contribution < 1.29 is 13.2 Å². The van der Waals surface area contributed by atoms with Crippen molar-refractivity contribution in [3.63, 3.8) is 0 Å². The molecule has 0 spiro atoms. The summed E-state index contributed by atoms with van der Waals surface area (Å²) in [5.74, 6) is -0.420. The van der Waals surface area contributed by atoms with Gasteiger partial charge in [-0.2, -0.15) is 0 Å². The summed E-state index contributed by atoms with van der Waals surface area (Å²) in [5, 5.41) is 3.49. The van der Waals surface area contributed by atoms with Gasteiger partial charge in [-0.05, 0) is 75.1 Å². The first kappa shape index (κ1) is 23.5. The lowest BCUT2D eigenvalue weighted by molar-refractivity contribution is -0.122. The highest BCUT2D eigenvalue weighted by Gasteiger charge is 2.30. The second kappa shape index (κ2) is 8.94. The van der Waals surface area contributed by atoms with Crippen LogP contribution in [-0.4, -0.2) is 26.6 Å². The number of anilines is 1. The van der Waals surface area contributed by atoms with Gasteiger partial charge in [-0.1, -0.05) is 35.3 Å². The second-order valence-corrected chi connectivity index (χ2v) is 10.1. The highest BCUT2D eigenvalue weighted by atomic mass is 35.5. The normalized spacial score (nSPS) is 13.7. The Kier molecular flexibility index (Phi) is 7.25. The Bertz CT molecular complexity index is 1020. The van der Waals surface area contributed by atoms with Crippen LogP contribution in [0.2, 0.25) is 10.0 Å². The molecule has 0 aromatic heterocycles. The maximum atomic E-state index is 12.9. The lowest BCUT2D eigenvalue weighted by atomic mass is 9.96. The van der Waals surface area contributed by atoms with E-state index < -0.39 is 22.0 Å². The highest BCUT2D eigenvalue weighted by Crippen LogP contribution is 2.29. The van der Waals surface area contributed by atoms with Crippen molar-refractivity contribution in [2.24, 2.45) is 0 Å². The molecule has 0 aliphatic heterocycles. The van der Waals surface area contributed by atoms with Crippen molar-refractivity contribution in [2.75, 3.05) is 10.6 Å². The van der Waals surface area contributed by atoms with Crippen LogP contribution in [0.5, 0.6) is 0 Å². The van der Waals surface area contributed by atoms with E-state index >= 15 is 0 Å². The van der Waals surface area contributed by atoms with E-state index in [0.29, 0.717) is 0 Å². The summed E-state index contributed by atoms with van der Waals surface area (Å²) in [5.41, 5.74) is 4.61. The Hall–Kier alpha value is -1.76. The van der Waals surface area contributed by atoms with Crippen LogP contribution in [-0.2, 0) is 14.8 Å². The number of hydrogen-bond donors (Lipinski definition) is 1. The molecule has 0 unspecified atom stereocenters. The van der Waals surface area contributed by atoms with E-state index in [4.69, 9.17) is 23.2 Å². The van der Waals surface area contributed by atoms with Gasteiger partial charge in [0.1, 0.15) is 6.04 Å². The number of carbonyl (C=O) groups excluding carboxylic acids is 1. The van der Waals surface area contributed by atoms with E-state index in [-0.39, 0.29) is 21.8 Å². The summed E-state index contributed by atoms with van der Waals surface area (Å²) < 4.78 is 25.9. The molecule has 0 aliphatic rings. The van der Waals surface area contributed by atoms with Crippen LogP contribution in [0.3, 0.4) is 0 Å². The Labute approximate surface area is 183 Å². The van der Waals surface area contributed by atoms with Crippen molar-refractivity contribution in [1.82, 2.24) is 5.32 Å². The fourth-order valence-electron chi connectivity index (χ4n) is 3.34. The lowest BCUT2D eigenvalue weighted by Crippen LogP contribution is -2.48. The van der Waals surface area contributed by atoms with Gasteiger partial charge in [0.05, 0.1) is 18.0 Å². The van der Waals surface area contributed by atoms with E-state index in [0.717, 1.165) is 27.3 Å². The molecular weight excluding hydrogens is 431 g/mol. The van der Waals surface area contributed by atoms with E-state index in [1.807, 2.05) is 33.8 Å². The molecule has 0 bridgehead atoms. The first-order valence-electron chi connectivity index (χ1n) is 9.15. The minimum atomic E-state index is -3.76. The van der Waals surface area contributed by atoms with E-state index in [2.05, 4.69) is 11.4 Å². The zero-order valence-corrected chi connectivity index (χ0v) is 19.7. The molecule has 0 saturated heterocycles. The van der Waals surface area contributed by atoms with Crippen LogP contribution in [0.15, 0.2) is 30.3 Å². The Morgan fingerprint density at radius 3 is 1.97 bits per heavy atom. The van der Waals surface area contributed by atoms with Gasteiger partial charge < -0.3 is 5.32 Å². The SMILES string of the molecule is Cc1cc(C)c([C@H](C)NC(=O)[C@H](C)N(c2cc(Cl)cc(Cl)c2)S(C)(=O)=O)cc1C. The average molecular weight is 457 g/mol. The van der Waals surface area contributed by atoms with E-state index in [1.54, 1.807) is 0 Å². The molecule has 2 rings (SSSR count). The third-order valence-corrected chi connectivity index (χ3v) is 6.58. The van der Waals surface area contributed by atoms with Crippen molar-refractivity contribution in [2.45, 2.75) is 46.7 Å². The number of nitrogens with one attached hydrogen (secondary N) is 1. The first-order valence-corrected chi connectivity index (χ1v) is 11.7. The van der Waals surface area contributed by atoms with Crippen molar-refractivity contribution in [3.05, 3.63) is 62.6 Å².